The number of rotatable bonds is 10. The topological polar surface area (TPSA) is 86.8 Å². The number of aryl methyl sites for hydroxylation is 1. The van der Waals surface area contributed by atoms with Crippen molar-refractivity contribution >= 4 is 43.5 Å². The molecule has 212 valence electrons. The number of carbonyl (C=O) groups is 2. The lowest BCUT2D eigenvalue weighted by Gasteiger charge is -2.33. The van der Waals surface area contributed by atoms with Gasteiger partial charge in [-0.05, 0) is 62.6 Å². The van der Waals surface area contributed by atoms with Crippen LogP contribution in [0.25, 0.3) is 0 Å². The average molecular weight is 627 g/mol. The van der Waals surface area contributed by atoms with E-state index in [1.54, 1.807) is 49.4 Å². The molecule has 0 saturated heterocycles. The van der Waals surface area contributed by atoms with E-state index in [-0.39, 0.29) is 23.4 Å². The zero-order valence-corrected chi connectivity index (χ0v) is 25.3. The van der Waals surface area contributed by atoms with Crippen LogP contribution in [-0.4, -0.2) is 43.8 Å². The third-order valence-electron chi connectivity index (χ3n) is 7.26. The van der Waals surface area contributed by atoms with Gasteiger partial charge in [0.05, 0.1) is 10.6 Å². The van der Waals surface area contributed by atoms with Crippen LogP contribution in [0.4, 0.5) is 5.69 Å². The summed E-state index contributed by atoms with van der Waals surface area (Å²) in [4.78, 5) is 29.0. The number of nitrogens with one attached hydrogen (secondary N) is 1. The molecule has 4 rings (SSSR count). The second-order valence-corrected chi connectivity index (χ2v) is 13.1. The summed E-state index contributed by atoms with van der Waals surface area (Å²) < 4.78 is 29.5. The molecular weight excluding hydrogens is 590 g/mol. The molecule has 40 heavy (non-hydrogen) atoms. The van der Waals surface area contributed by atoms with Crippen molar-refractivity contribution in [3.05, 3.63) is 94.5 Å². The molecule has 3 aromatic rings. The lowest BCUT2D eigenvalue weighted by atomic mass is 9.95. The van der Waals surface area contributed by atoms with E-state index in [1.807, 2.05) is 31.2 Å². The molecule has 1 N–H and O–H groups in total. The molecule has 1 atom stereocenters. The second kappa shape index (κ2) is 13.5. The van der Waals surface area contributed by atoms with Crippen molar-refractivity contribution in [2.24, 2.45) is 0 Å². The first-order valence-electron chi connectivity index (χ1n) is 13.6. The van der Waals surface area contributed by atoms with Crippen LogP contribution >= 0.6 is 15.9 Å². The summed E-state index contributed by atoms with van der Waals surface area (Å²) in [6, 6.07) is 22.0. The van der Waals surface area contributed by atoms with Crippen LogP contribution in [0.15, 0.2) is 88.2 Å². The van der Waals surface area contributed by atoms with Gasteiger partial charge in [0.25, 0.3) is 10.0 Å². The Kier molecular flexibility index (Phi) is 10.0. The van der Waals surface area contributed by atoms with Crippen molar-refractivity contribution in [1.82, 2.24) is 10.2 Å². The molecule has 1 saturated carbocycles. The maximum absolute atomic E-state index is 14.0. The minimum Gasteiger partial charge on any atom is -0.352 e. The quantitative estimate of drug-likeness (QED) is 0.308. The molecule has 2 amide bonds. The predicted molar refractivity (Wildman–Crippen MR) is 161 cm³/mol. The first-order chi connectivity index (χ1) is 19.1. The fraction of sp³-hybridized carbons (Fsp3) is 0.355. The van der Waals surface area contributed by atoms with Gasteiger partial charge in [0.1, 0.15) is 12.6 Å². The van der Waals surface area contributed by atoms with E-state index in [1.165, 1.54) is 23.5 Å². The maximum atomic E-state index is 14.0. The predicted octanol–water partition coefficient (Wildman–Crippen LogP) is 5.82. The van der Waals surface area contributed by atoms with Crippen LogP contribution < -0.4 is 9.62 Å². The largest absolute Gasteiger partial charge is 0.352 e. The van der Waals surface area contributed by atoms with Crippen molar-refractivity contribution < 1.29 is 18.0 Å². The van der Waals surface area contributed by atoms with E-state index < -0.39 is 28.5 Å². The third-order valence-corrected chi connectivity index (χ3v) is 9.54. The molecule has 0 heterocycles. The summed E-state index contributed by atoms with van der Waals surface area (Å²) in [6.07, 6.45) is 5.17. The number of benzene rings is 3. The lowest BCUT2D eigenvalue weighted by molar-refractivity contribution is -0.139. The van der Waals surface area contributed by atoms with E-state index in [0.717, 1.165) is 41.1 Å². The monoisotopic (exact) mass is 625 g/mol. The Morgan fingerprint density at radius 2 is 1.65 bits per heavy atom. The van der Waals surface area contributed by atoms with Crippen molar-refractivity contribution in [3.63, 3.8) is 0 Å². The first kappa shape index (κ1) is 29.8. The number of anilines is 1. The van der Waals surface area contributed by atoms with E-state index >= 15 is 0 Å². The van der Waals surface area contributed by atoms with Gasteiger partial charge in [-0.3, -0.25) is 13.9 Å². The Morgan fingerprint density at radius 1 is 0.950 bits per heavy atom. The van der Waals surface area contributed by atoms with Crippen molar-refractivity contribution in [2.45, 2.75) is 69.5 Å². The fourth-order valence-corrected chi connectivity index (χ4v) is 6.85. The smallest absolute Gasteiger partial charge is 0.264 e. The number of sulfonamides is 1. The van der Waals surface area contributed by atoms with Crippen molar-refractivity contribution in [1.29, 1.82) is 0 Å². The summed E-state index contributed by atoms with van der Waals surface area (Å²) in [5.41, 5.74) is 2.25. The lowest BCUT2D eigenvalue weighted by Crippen LogP contribution is -2.53. The van der Waals surface area contributed by atoms with Crippen LogP contribution in [-0.2, 0) is 26.2 Å². The van der Waals surface area contributed by atoms with E-state index in [0.29, 0.717) is 10.2 Å². The molecule has 1 fully saturated rings. The Labute approximate surface area is 245 Å². The Balaban J connectivity index is 1.67. The van der Waals surface area contributed by atoms with Crippen LogP contribution in [0.1, 0.15) is 50.2 Å². The maximum Gasteiger partial charge on any atom is 0.264 e. The summed E-state index contributed by atoms with van der Waals surface area (Å²) in [7, 11) is -4.08. The van der Waals surface area contributed by atoms with Gasteiger partial charge in [-0.2, -0.15) is 0 Å². The van der Waals surface area contributed by atoms with Gasteiger partial charge in [-0.25, -0.2) is 8.42 Å². The zero-order valence-electron chi connectivity index (χ0n) is 22.9. The summed E-state index contributed by atoms with van der Waals surface area (Å²) in [6.45, 7) is 3.40. The minimum atomic E-state index is -4.08. The summed E-state index contributed by atoms with van der Waals surface area (Å²) >= 11 is 3.42. The minimum absolute atomic E-state index is 0.0797. The first-order valence-corrected chi connectivity index (χ1v) is 15.9. The zero-order chi connectivity index (χ0) is 28.7. The van der Waals surface area contributed by atoms with Crippen molar-refractivity contribution in [2.75, 3.05) is 10.8 Å². The van der Waals surface area contributed by atoms with E-state index in [9.17, 15) is 18.0 Å². The van der Waals surface area contributed by atoms with Gasteiger partial charge in [-0.1, -0.05) is 89.3 Å². The summed E-state index contributed by atoms with van der Waals surface area (Å²) in [5.74, 6) is -0.694. The Morgan fingerprint density at radius 3 is 2.33 bits per heavy atom. The number of carbonyl (C=O) groups excluding carboxylic acids is 2. The van der Waals surface area contributed by atoms with Gasteiger partial charge in [0.2, 0.25) is 11.8 Å². The van der Waals surface area contributed by atoms with E-state index in [4.69, 9.17) is 0 Å². The number of hydrogen-bond donors (Lipinski definition) is 1. The second-order valence-electron chi connectivity index (χ2n) is 10.3. The molecule has 1 aliphatic carbocycles. The molecule has 7 nitrogen and oxygen atoms in total. The number of hydrogen-bond acceptors (Lipinski definition) is 4. The summed E-state index contributed by atoms with van der Waals surface area (Å²) in [5, 5.41) is 3.13. The van der Waals surface area contributed by atoms with Crippen LogP contribution in [0, 0.1) is 6.92 Å². The highest BCUT2D eigenvalue weighted by molar-refractivity contribution is 9.10. The molecule has 0 aliphatic heterocycles. The van der Waals surface area contributed by atoms with Crippen molar-refractivity contribution in [3.8, 4) is 0 Å². The van der Waals surface area contributed by atoms with Crippen LogP contribution in [0.5, 0.6) is 0 Å². The van der Waals surface area contributed by atoms with Gasteiger partial charge in [0, 0.05) is 17.1 Å². The highest BCUT2D eigenvalue weighted by Gasteiger charge is 2.33. The van der Waals surface area contributed by atoms with Gasteiger partial charge < -0.3 is 10.2 Å². The molecule has 3 aromatic carbocycles. The van der Waals surface area contributed by atoms with Crippen LogP contribution in [0.3, 0.4) is 0 Å². The highest BCUT2D eigenvalue weighted by Crippen LogP contribution is 2.27. The standard InChI is InChI=1S/C31H36BrN3O4S/c1-23-11-9-12-25(19-23)21-34(24(2)31(37)33-27-14-5-3-6-15-27)30(36)22-35(28-16-10-13-26(32)20-28)40(38,39)29-17-7-4-8-18-29/h4,7-13,16-20,24,27H,3,5-6,14-15,21-22H2,1-2H3,(H,33,37)/t24-/m0/s1. The normalized spacial score (nSPS) is 14.8. The highest BCUT2D eigenvalue weighted by atomic mass is 79.9. The number of amides is 2. The molecule has 0 radical (unpaired) electrons. The molecule has 0 unspecified atom stereocenters. The molecule has 0 spiro atoms. The Hall–Kier alpha value is -3.17. The fourth-order valence-electron chi connectivity index (χ4n) is 5.04. The third kappa shape index (κ3) is 7.52. The SMILES string of the molecule is Cc1cccc(CN(C(=O)CN(c2cccc(Br)c2)S(=O)(=O)c2ccccc2)[C@@H](C)C(=O)NC2CCCCC2)c1. The molecule has 1 aliphatic rings. The molecule has 0 bridgehead atoms. The van der Waals surface area contributed by atoms with Gasteiger partial charge in [0.15, 0.2) is 0 Å². The van der Waals surface area contributed by atoms with E-state index in [2.05, 4.69) is 21.2 Å². The number of halogens is 1. The molecule has 9 heteroatoms. The number of nitrogens with zero attached hydrogens (tertiary/aromatic N) is 2. The average Bonchev–Trinajstić information content (AvgIpc) is 2.95. The molecule has 0 aromatic heterocycles. The molecular formula is C31H36BrN3O4S. The van der Waals surface area contributed by atoms with Crippen LogP contribution in [0.2, 0.25) is 0 Å². The van der Waals surface area contributed by atoms with Gasteiger partial charge >= 0.3 is 0 Å². The van der Waals surface area contributed by atoms with Gasteiger partial charge in [-0.15, -0.1) is 0 Å². The Bertz CT molecular complexity index is 1430.